The van der Waals surface area contributed by atoms with E-state index in [1.165, 1.54) is 0 Å². The van der Waals surface area contributed by atoms with Crippen LogP contribution in [0.15, 0.2) is 67.1 Å². The second-order valence-corrected chi connectivity index (χ2v) is 8.92. The van der Waals surface area contributed by atoms with Crippen molar-refractivity contribution in [2.75, 3.05) is 5.32 Å². The molecule has 0 atom stereocenters. The lowest BCUT2D eigenvalue weighted by Crippen LogP contribution is -2.14. The van der Waals surface area contributed by atoms with Crippen molar-refractivity contribution in [2.24, 2.45) is 7.05 Å². The van der Waals surface area contributed by atoms with Crippen LogP contribution in [0.1, 0.15) is 15.9 Å². The minimum absolute atomic E-state index is 0.260. The molecule has 0 aliphatic rings. The van der Waals surface area contributed by atoms with Crippen molar-refractivity contribution >= 4 is 57.4 Å². The van der Waals surface area contributed by atoms with E-state index in [1.807, 2.05) is 43.6 Å². The third-order valence-electron chi connectivity index (χ3n) is 5.24. The van der Waals surface area contributed by atoms with Gasteiger partial charge in [0, 0.05) is 30.4 Å². The summed E-state index contributed by atoms with van der Waals surface area (Å²) in [4.78, 5) is 18.0. The Labute approximate surface area is 209 Å². The van der Waals surface area contributed by atoms with E-state index in [9.17, 15) is 4.79 Å². The van der Waals surface area contributed by atoms with Gasteiger partial charge in [-0.2, -0.15) is 10.2 Å². The summed E-state index contributed by atoms with van der Waals surface area (Å²) in [5.74, 6) is -0.0824. The molecule has 7 nitrogen and oxygen atoms in total. The zero-order valence-electron chi connectivity index (χ0n) is 17.8. The molecule has 0 unspecified atom stereocenters. The number of nitrogens with one attached hydrogen (secondary N) is 1. The summed E-state index contributed by atoms with van der Waals surface area (Å²) in [6.07, 6.45) is 5.20. The number of halogens is 3. The third-order valence-corrected chi connectivity index (χ3v) is 6.25. The van der Waals surface area contributed by atoms with E-state index in [0.717, 1.165) is 16.5 Å². The second kappa shape index (κ2) is 9.10. The SMILES string of the molecule is Cn1cc(-c2cc(C(=O)Nc3nn(Cc4ccc(Cl)c(Cl)c4)cc3Cl)c3ccccc3n2)cn1. The van der Waals surface area contributed by atoms with Crippen LogP contribution >= 0.6 is 34.8 Å². The molecule has 2 aromatic carbocycles. The molecule has 3 aromatic heterocycles. The van der Waals surface area contributed by atoms with Gasteiger partial charge in [-0.3, -0.25) is 14.2 Å². The van der Waals surface area contributed by atoms with E-state index in [0.29, 0.717) is 38.4 Å². The smallest absolute Gasteiger partial charge is 0.257 e. The largest absolute Gasteiger partial charge is 0.304 e. The van der Waals surface area contributed by atoms with Crippen molar-refractivity contribution in [2.45, 2.75) is 6.54 Å². The van der Waals surface area contributed by atoms with E-state index in [-0.39, 0.29) is 11.7 Å². The molecule has 10 heteroatoms. The minimum Gasteiger partial charge on any atom is -0.304 e. The van der Waals surface area contributed by atoms with Crippen LogP contribution in [0.4, 0.5) is 5.82 Å². The second-order valence-electron chi connectivity index (χ2n) is 7.70. The number of nitrogens with zero attached hydrogens (tertiary/aromatic N) is 5. The van der Waals surface area contributed by atoms with Crippen LogP contribution < -0.4 is 5.32 Å². The van der Waals surface area contributed by atoms with Gasteiger partial charge in [0.05, 0.1) is 39.6 Å². The van der Waals surface area contributed by atoms with Gasteiger partial charge in [0.25, 0.3) is 5.91 Å². The first-order valence-corrected chi connectivity index (χ1v) is 11.4. The number of carbonyl (C=O) groups excluding carboxylic acids is 1. The summed E-state index contributed by atoms with van der Waals surface area (Å²) >= 11 is 18.5. The highest BCUT2D eigenvalue weighted by atomic mass is 35.5. The number of benzene rings is 2. The van der Waals surface area contributed by atoms with Crippen molar-refractivity contribution in [1.29, 1.82) is 0 Å². The number of hydrogen-bond donors (Lipinski definition) is 1. The van der Waals surface area contributed by atoms with Crippen LogP contribution in [-0.2, 0) is 13.6 Å². The number of anilines is 1. The Hall–Kier alpha value is -3.39. The zero-order chi connectivity index (χ0) is 23.8. The predicted molar refractivity (Wildman–Crippen MR) is 135 cm³/mol. The number of aromatic nitrogens is 5. The molecule has 1 N–H and O–H groups in total. The predicted octanol–water partition coefficient (Wildman–Crippen LogP) is 6.09. The molecule has 3 heterocycles. The van der Waals surface area contributed by atoms with Gasteiger partial charge in [-0.15, -0.1) is 0 Å². The van der Waals surface area contributed by atoms with Gasteiger partial charge in [-0.1, -0.05) is 59.1 Å². The fraction of sp³-hybridized carbons (Fsp3) is 0.0833. The van der Waals surface area contributed by atoms with Crippen molar-refractivity contribution < 1.29 is 4.79 Å². The molecule has 1 amide bonds. The lowest BCUT2D eigenvalue weighted by molar-refractivity contribution is 0.102. The quantitative estimate of drug-likeness (QED) is 0.310. The topological polar surface area (TPSA) is 77.6 Å². The molecule has 0 radical (unpaired) electrons. The maximum Gasteiger partial charge on any atom is 0.257 e. The van der Waals surface area contributed by atoms with E-state index < -0.39 is 0 Å². The van der Waals surface area contributed by atoms with E-state index in [4.69, 9.17) is 39.8 Å². The third kappa shape index (κ3) is 4.50. The van der Waals surface area contributed by atoms with E-state index >= 15 is 0 Å². The number of rotatable bonds is 5. The number of carbonyl (C=O) groups is 1. The Morgan fingerprint density at radius 3 is 2.59 bits per heavy atom. The first-order valence-electron chi connectivity index (χ1n) is 10.2. The van der Waals surface area contributed by atoms with Crippen LogP contribution in [0.3, 0.4) is 0 Å². The molecule has 0 saturated heterocycles. The number of hydrogen-bond acceptors (Lipinski definition) is 4. The monoisotopic (exact) mass is 510 g/mol. The van der Waals surface area contributed by atoms with Crippen molar-refractivity contribution in [3.8, 4) is 11.3 Å². The number of amides is 1. The van der Waals surface area contributed by atoms with Gasteiger partial charge in [0.1, 0.15) is 5.02 Å². The number of pyridine rings is 1. The van der Waals surface area contributed by atoms with Crippen molar-refractivity contribution in [3.05, 3.63) is 93.3 Å². The average molecular weight is 512 g/mol. The Balaban J connectivity index is 1.45. The fourth-order valence-corrected chi connectivity index (χ4v) is 4.15. The van der Waals surface area contributed by atoms with E-state index in [1.54, 1.807) is 40.0 Å². The molecule has 0 aliphatic heterocycles. The molecule has 0 spiro atoms. The Bertz CT molecular complexity index is 1540. The molecule has 5 aromatic rings. The fourth-order valence-electron chi connectivity index (χ4n) is 3.63. The zero-order valence-corrected chi connectivity index (χ0v) is 20.1. The number of aryl methyl sites for hydroxylation is 1. The van der Waals surface area contributed by atoms with Crippen molar-refractivity contribution in [3.63, 3.8) is 0 Å². The molecule has 0 bridgehead atoms. The minimum atomic E-state index is -0.342. The summed E-state index contributed by atoms with van der Waals surface area (Å²) in [7, 11) is 1.83. The summed E-state index contributed by atoms with van der Waals surface area (Å²) in [5.41, 5.74) is 3.51. The van der Waals surface area contributed by atoms with Gasteiger partial charge < -0.3 is 5.32 Å². The van der Waals surface area contributed by atoms with Gasteiger partial charge in [-0.25, -0.2) is 4.98 Å². The Morgan fingerprint density at radius 1 is 1.00 bits per heavy atom. The van der Waals surface area contributed by atoms with Crippen LogP contribution in [0, 0.1) is 0 Å². The summed E-state index contributed by atoms with van der Waals surface area (Å²) in [5, 5.41) is 13.4. The molecule has 0 aliphatic carbocycles. The summed E-state index contributed by atoms with van der Waals surface area (Å²) < 4.78 is 3.31. The molecule has 0 fully saturated rings. The highest BCUT2D eigenvalue weighted by molar-refractivity contribution is 6.42. The molecule has 0 saturated carbocycles. The maximum atomic E-state index is 13.3. The first kappa shape index (κ1) is 22.4. The molecule has 5 rings (SSSR count). The van der Waals surface area contributed by atoms with Gasteiger partial charge >= 0.3 is 0 Å². The normalized spacial score (nSPS) is 11.2. The summed E-state index contributed by atoms with van der Waals surface area (Å²) in [6.45, 7) is 0.413. The highest BCUT2D eigenvalue weighted by Gasteiger charge is 2.18. The maximum absolute atomic E-state index is 13.3. The van der Waals surface area contributed by atoms with Crippen LogP contribution in [0.5, 0.6) is 0 Å². The average Bonchev–Trinajstić information content (AvgIpc) is 3.40. The standard InChI is InChI=1S/C24H17Cl3N6O/c1-32-12-15(10-28-32)22-9-17(16-4-2-3-5-21(16)29-22)24(34)30-23-20(27)13-33(31-23)11-14-6-7-18(25)19(26)8-14/h2-10,12-13H,11H2,1H3,(H,30,31,34). The first-order chi connectivity index (χ1) is 16.4. The lowest BCUT2D eigenvalue weighted by atomic mass is 10.0. The van der Waals surface area contributed by atoms with Crippen LogP contribution in [0.25, 0.3) is 22.2 Å². The Kier molecular flexibility index (Phi) is 6.00. The van der Waals surface area contributed by atoms with Crippen LogP contribution in [0.2, 0.25) is 15.1 Å². The van der Waals surface area contributed by atoms with E-state index in [2.05, 4.69) is 15.5 Å². The van der Waals surface area contributed by atoms with Gasteiger partial charge in [0.2, 0.25) is 0 Å². The number of fused-ring (bicyclic) bond motifs is 1. The van der Waals surface area contributed by atoms with Gasteiger partial charge in [0.15, 0.2) is 5.82 Å². The summed E-state index contributed by atoms with van der Waals surface area (Å²) in [6, 6.07) is 14.6. The van der Waals surface area contributed by atoms with Gasteiger partial charge in [-0.05, 0) is 29.8 Å². The molecule has 170 valence electrons. The Morgan fingerprint density at radius 2 is 1.82 bits per heavy atom. The molecule has 34 heavy (non-hydrogen) atoms. The molecular weight excluding hydrogens is 495 g/mol. The van der Waals surface area contributed by atoms with Crippen LogP contribution in [-0.4, -0.2) is 30.5 Å². The highest BCUT2D eigenvalue weighted by Crippen LogP contribution is 2.27. The lowest BCUT2D eigenvalue weighted by Gasteiger charge is -2.09. The van der Waals surface area contributed by atoms with Crippen molar-refractivity contribution in [1.82, 2.24) is 24.5 Å². The molecular formula is C24H17Cl3N6O. The number of para-hydroxylation sites is 1.